The standard InChI is InChI=1S/C14H19BrN2O3S/c15-10-6-7-12(14(18)16-9-21(19)20)13(8-10)17-11-4-2-1-3-5-11/h6-8,11,17,21H,1-5,9H2,(H,16,18). The van der Waals surface area contributed by atoms with E-state index >= 15 is 0 Å². The van der Waals surface area contributed by atoms with E-state index in [2.05, 4.69) is 26.6 Å². The second-order valence-electron chi connectivity index (χ2n) is 5.17. The van der Waals surface area contributed by atoms with E-state index in [4.69, 9.17) is 0 Å². The van der Waals surface area contributed by atoms with E-state index in [0.717, 1.165) is 23.0 Å². The molecular weight excluding hydrogens is 356 g/mol. The van der Waals surface area contributed by atoms with Crippen LogP contribution in [0.3, 0.4) is 0 Å². The molecule has 21 heavy (non-hydrogen) atoms. The van der Waals surface area contributed by atoms with Gasteiger partial charge in [0.2, 0.25) is 0 Å². The highest BCUT2D eigenvalue weighted by Gasteiger charge is 2.17. The first-order valence-corrected chi connectivity index (χ1v) is 9.18. The fraction of sp³-hybridized carbons (Fsp3) is 0.500. The molecule has 7 heteroatoms. The van der Waals surface area contributed by atoms with Crippen LogP contribution in [0.25, 0.3) is 0 Å². The maximum Gasteiger partial charge on any atom is 0.254 e. The molecule has 1 amide bonds. The van der Waals surface area contributed by atoms with Gasteiger partial charge in [0.1, 0.15) is 5.88 Å². The van der Waals surface area contributed by atoms with Crippen LogP contribution in [0.1, 0.15) is 42.5 Å². The predicted octanol–water partition coefficient (Wildman–Crippen LogP) is 2.49. The van der Waals surface area contributed by atoms with Gasteiger partial charge in [0.15, 0.2) is 10.7 Å². The predicted molar refractivity (Wildman–Crippen MR) is 87.3 cm³/mol. The minimum absolute atomic E-state index is 0.340. The molecule has 0 atom stereocenters. The molecule has 0 heterocycles. The molecule has 5 nitrogen and oxygen atoms in total. The Balaban J connectivity index is 2.14. The summed E-state index contributed by atoms with van der Waals surface area (Å²) >= 11 is 3.40. The van der Waals surface area contributed by atoms with Crippen molar-refractivity contribution in [1.82, 2.24) is 5.32 Å². The van der Waals surface area contributed by atoms with Crippen LogP contribution in [-0.2, 0) is 10.7 Å². The Morgan fingerprint density at radius 3 is 2.62 bits per heavy atom. The SMILES string of the molecule is O=C(NC[SH](=O)=O)c1ccc(Br)cc1NC1CCCCC1. The van der Waals surface area contributed by atoms with E-state index in [1.165, 1.54) is 19.3 Å². The van der Waals surface area contributed by atoms with Crippen molar-refractivity contribution < 1.29 is 13.2 Å². The summed E-state index contributed by atoms with van der Waals surface area (Å²) in [6.45, 7) is 0. The Morgan fingerprint density at radius 2 is 1.95 bits per heavy atom. The highest BCUT2D eigenvalue weighted by molar-refractivity contribution is 9.10. The van der Waals surface area contributed by atoms with Gasteiger partial charge in [0, 0.05) is 16.2 Å². The number of hydrogen-bond acceptors (Lipinski definition) is 4. The van der Waals surface area contributed by atoms with E-state index in [1.807, 2.05) is 6.07 Å². The van der Waals surface area contributed by atoms with E-state index in [9.17, 15) is 13.2 Å². The van der Waals surface area contributed by atoms with Crippen molar-refractivity contribution in [2.45, 2.75) is 38.1 Å². The average molecular weight is 375 g/mol. The zero-order valence-corrected chi connectivity index (χ0v) is 14.1. The van der Waals surface area contributed by atoms with Gasteiger partial charge in [0.05, 0.1) is 5.56 Å². The lowest BCUT2D eigenvalue weighted by Crippen LogP contribution is -2.28. The number of benzene rings is 1. The van der Waals surface area contributed by atoms with Gasteiger partial charge in [0.25, 0.3) is 5.91 Å². The smallest absolute Gasteiger partial charge is 0.254 e. The van der Waals surface area contributed by atoms with Crippen molar-refractivity contribution in [1.29, 1.82) is 0 Å². The first-order chi connectivity index (χ1) is 10.1. The van der Waals surface area contributed by atoms with Crippen LogP contribution >= 0.6 is 15.9 Å². The summed E-state index contributed by atoms with van der Waals surface area (Å²) in [5.41, 5.74) is 1.22. The molecule has 1 saturated carbocycles. The molecule has 0 unspecified atom stereocenters. The van der Waals surface area contributed by atoms with Gasteiger partial charge in [-0.1, -0.05) is 35.2 Å². The maximum absolute atomic E-state index is 12.1. The molecule has 2 rings (SSSR count). The lowest BCUT2D eigenvalue weighted by Gasteiger charge is -2.25. The molecule has 1 fully saturated rings. The summed E-state index contributed by atoms with van der Waals surface area (Å²) in [6.07, 6.45) is 5.86. The van der Waals surface area contributed by atoms with Gasteiger partial charge in [-0.2, -0.15) is 0 Å². The number of carbonyl (C=O) groups is 1. The summed E-state index contributed by atoms with van der Waals surface area (Å²) in [7, 11) is -2.62. The van der Waals surface area contributed by atoms with E-state index < -0.39 is 10.7 Å². The second-order valence-corrected chi connectivity index (χ2v) is 7.06. The summed E-state index contributed by atoms with van der Waals surface area (Å²) < 4.78 is 22.1. The molecule has 0 spiro atoms. The molecule has 1 aliphatic carbocycles. The third kappa shape index (κ3) is 5.00. The number of nitrogens with one attached hydrogen (secondary N) is 2. The topological polar surface area (TPSA) is 75.3 Å². The number of amides is 1. The molecule has 1 aromatic rings. The molecule has 0 saturated heterocycles. The lowest BCUT2D eigenvalue weighted by molar-refractivity contribution is 0.0961. The zero-order chi connectivity index (χ0) is 15.2. The first-order valence-electron chi connectivity index (χ1n) is 7.02. The fourth-order valence-electron chi connectivity index (χ4n) is 2.53. The van der Waals surface area contributed by atoms with Crippen LogP contribution in [0.5, 0.6) is 0 Å². The molecule has 116 valence electrons. The maximum atomic E-state index is 12.1. The quantitative estimate of drug-likeness (QED) is 0.692. The fourth-order valence-corrected chi connectivity index (χ4v) is 3.17. The normalized spacial score (nSPS) is 15.9. The van der Waals surface area contributed by atoms with Gasteiger partial charge >= 0.3 is 0 Å². The van der Waals surface area contributed by atoms with E-state index in [-0.39, 0.29) is 11.8 Å². The Morgan fingerprint density at radius 1 is 1.24 bits per heavy atom. The lowest BCUT2D eigenvalue weighted by atomic mass is 9.95. The van der Waals surface area contributed by atoms with Crippen LogP contribution in [0.4, 0.5) is 5.69 Å². The van der Waals surface area contributed by atoms with Gasteiger partial charge in [-0.15, -0.1) is 0 Å². The number of hydrogen-bond donors (Lipinski definition) is 3. The highest BCUT2D eigenvalue weighted by Crippen LogP contribution is 2.26. The van der Waals surface area contributed by atoms with E-state index in [0.29, 0.717) is 11.6 Å². The Kier molecular flexibility index (Phi) is 6.05. The van der Waals surface area contributed by atoms with Crippen molar-refractivity contribution in [3.63, 3.8) is 0 Å². The molecule has 0 aromatic heterocycles. The van der Waals surface area contributed by atoms with Crippen molar-refractivity contribution >= 4 is 38.2 Å². The molecule has 1 aliphatic rings. The number of halogens is 1. The number of thiol groups is 1. The minimum Gasteiger partial charge on any atom is -0.382 e. The van der Waals surface area contributed by atoms with Crippen molar-refractivity contribution in [3.8, 4) is 0 Å². The average Bonchev–Trinajstić information content (AvgIpc) is 2.46. The minimum atomic E-state index is -2.62. The van der Waals surface area contributed by atoms with Crippen LogP contribution < -0.4 is 10.6 Å². The van der Waals surface area contributed by atoms with Crippen molar-refractivity contribution in [2.75, 3.05) is 11.2 Å². The third-order valence-corrected chi connectivity index (χ3v) is 4.47. The van der Waals surface area contributed by atoms with Crippen LogP contribution in [0.2, 0.25) is 0 Å². The Bertz CT molecular complexity index is 576. The largest absolute Gasteiger partial charge is 0.382 e. The molecule has 0 radical (unpaired) electrons. The first kappa shape index (κ1) is 16.3. The van der Waals surface area contributed by atoms with Crippen LogP contribution in [-0.4, -0.2) is 26.2 Å². The molecule has 1 aromatic carbocycles. The summed E-state index contributed by atoms with van der Waals surface area (Å²) in [5, 5.41) is 5.82. The summed E-state index contributed by atoms with van der Waals surface area (Å²) in [4.78, 5) is 12.1. The van der Waals surface area contributed by atoms with E-state index in [1.54, 1.807) is 12.1 Å². The third-order valence-electron chi connectivity index (χ3n) is 3.56. The van der Waals surface area contributed by atoms with Gasteiger partial charge in [-0.25, -0.2) is 8.42 Å². The summed E-state index contributed by atoms with van der Waals surface area (Å²) in [6, 6.07) is 5.71. The Hall–Kier alpha value is -1.08. The van der Waals surface area contributed by atoms with Gasteiger partial charge < -0.3 is 10.6 Å². The molecule has 2 N–H and O–H groups in total. The molecule has 0 bridgehead atoms. The molecule has 0 aliphatic heterocycles. The number of anilines is 1. The highest BCUT2D eigenvalue weighted by atomic mass is 79.9. The second kappa shape index (κ2) is 7.79. The number of rotatable bonds is 5. The zero-order valence-electron chi connectivity index (χ0n) is 11.6. The summed E-state index contributed by atoms with van der Waals surface area (Å²) in [5.74, 6) is -0.715. The van der Waals surface area contributed by atoms with Crippen molar-refractivity contribution in [3.05, 3.63) is 28.2 Å². The van der Waals surface area contributed by atoms with Gasteiger partial charge in [-0.3, -0.25) is 4.79 Å². The van der Waals surface area contributed by atoms with Crippen LogP contribution in [0.15, 0.2) is 22.7 Å². The number of carbonyl (C=O) groups excluding carboxylic acids is 1. The Labute approximate surface area is 134 Å². The van der Waals surface area contributed by atoms with Gasteiger partial charge in [-0.05, 0) is 31.0 Å². The molecular formula is C14H19BrN2O3S. The van der Waals surface area contributed by atoms with Crippen LogP contribution in [0, 0.1) is 0 Å². The van der Waals surface area contributed by atoms with Crippen molar-refractivity contribution in [2.24, 2.45) is 0 Å². The monoisotopic (exact) mass is 374 g/mol.